The molecule has 1 heterocycles. The second-order valence-corrected chi connectivity index (χ2v) is 8.31. The zero-order chi connectivity index (χ0) is 18.8. The van der Waals surface area contributed by atoms with E-state index in [2.05, 4.69) is 71.5 Å². The van der Waals surface area contributed by atoms with Crippen LogP contribution in [0.15, 0.2) is 47.7 Å². The Morgan fingerprint density at radius 2 is 1.96 bits per heavy atom. The van der Waals surface area contributed by atoms with Crippen molar-refractivity contribution in [3.05, 3.63) is 54.1 Å². The lowest BCUT2D eigenvalue weighted by molar-refractivity contribution is 0.685. The molecule has 0 unspecified atom stereocenters. The average Bonchev–Trinajstić information content (AvgIpc) is 3.07. The maximum atomic E-state index is 4.71. The van der Waals surface area contributed by atoms with E-state index in [0.29, 0.717) is 0 Å². The highest BCUT2D eigenvalue weighted by Gasteiger charge is 2.15. The zero-order valence-electron chi connectivity index (χ0n) is 16.7. The maximum absolute atomic E-state index is 4.71. The number of hydrogen-bond acceptors (Lipinski definition) is 3. The third-order valence-electron chi connectivity index (χ3n) is 4.15. The molecule has 2 rings (SSSR count). The van der Waals surface area contributed by atoms with Gasteiger partial charge in [0.25, 0.3) is 0 Å². The van der Waals surface area contributed by atoms with Gasteiger partial charge in [-0.2, -0.15) is 11.8 Å². The fourth-order valence-corrected chi connectivity index (χ4v) is 2.65. The van der Waals surface area contributed by atoms with Gasteiger partial charge in [0, 0.05) is 43.2 Å². The number of thioether (sulfide) groups is 1. The summed E-state index contributed by atoms with van der Waals surface area (Å²) in [5.41, 5.74) is 1.29. The number of halogens is 1. The van der Waals surface area contributed by atoms with Gasteiger partial charge in [-0.1, -0.05) is 30.3 Å². The number of aliphatic imine (C=N–C) groups is 1. The van der Waals surface area contributed by atoms with Gasteiger partial charge in [-0.15, -0.1) is 24.0 Å². The molecule has 150 valence electrons. The molecule has 1 aromatic heterocycles. The molecule has 7 heteroatoms. The Morgan fingerprint density at radius 3 is 2.63 bits per heavy atom. The van der Waals surface area contributed by atoms with Crippen molar-refractivity contribution < 1.29 is 0 Å². The summed E-state index contributed by atoms with van der Waals surface area (Å²) in [4.78, 5) is 9.22. The summed E-state index contributed by atoms with van der Waals surface area (Å²) in [5, 5.41) is 6.74. The van der Waals surface area contributed by atoms with Crippen molar-refractivity contribution in [1.82, 2.24) is 20.2 Å². The van der Waals surface area contributed by atoms with Crippen LogP contribution in [0.3, 0.4) is 0 Å². The topological polar surface area (TPSA) is 54.2 Å². The molecule has 2 N–H and O–H groups in total. The van der Waals surface area contributed by atoms with Gasteiger partial charge in [-0.05, 0) is 32.6 Å². The van der Waals surface area contributed by atoms with E-state index in [0.717, 1.165) is 44.4 Å². The molecule has 0 atom stereocenters. The van der Waals surface area contributed by atoms with Crippen LogP contribution in [0.4, 0.5) is 0 Å². The highest BCUT2D eigenvalue weighted by molar-refractivity contribution is 14.0. The minimum absolute atomic E-state index is 0. The standard InChI is InChI=1S/C20H31N5S.HI/c1-5-21-19(24-16-20(2,3)26-4)23-12-11-18-22-13-14-25(18)15-17-9-7-6-8-10-17;/h6-10,13-14H,5,11-12,15-16H2,1-4H3,(H2,21,23,24);1H. The third kappa shape index (κ3) is 8.55. The number of benzene rings is 1. The van der Waals surface area contributed by atoms with E-state index in [1.165, 1.54) is 5.56 Å². The minimum Gasteiger partial charge on any atom is -0.357 e. The fourth-order valence-electron chi connectivity index (χ4n) is 2.46. The molecule has 0 aliphatic carbocycles. The molecule has 0 aliphatic rings. The van der Waals surface area contributed by atoms with E-state index >= 15 is 0 Å². The average molecular weight is 501 g/mol. The first-order chi connectivity index (χ1) is 12.5. The second kappa shape index (κ2) is 12.3. The molecule has 0 amide bonds. The summed E-state index contributed by atoms with van der Waals surface area (Å²) in [6, 6.07) is 10.5. The zero-order valence-corrected chi connectivity index (χ0v) is 19.9. The van der Waals surface area contributed by atoms with Crippen LogP contribution in [-0.2, 0) is 13.0 Å². The molecule has 1 aromatic carbocycles. The van der Waals surface area contributed by atoms with Gasteiger partial charge >= 0.3 is 0 Å². The molecule has 5 nitrogen and oxygen atoms in total. The van der Waals surface area contributed by atoms with Crippen molar-refractivity contribution in [1.29, 1.82) is 0 Å². The van der Waals surface area contributed by atoms with Crippen LogP contribution in [0.2, 0.25) is 0 Å². The summed E-state index contributed by atoms with van der Waals surface area (Å²) in [6.07, 6.45) is 6.90. The lowest BCUT2D eigenvalue weighted by Crippen LogP contribution is -2.39. The number of nitrogens with zero attached hydrogens (tertiary/aromatic N) is 3. The normalized spacial score (nSPS) is 11.8. The van der Waals surface area contributed by atoms with Crippen molar-refractivity contribution in [3.63, 3.8) is 0 Å². The van der Waals surface area contributed by atoms with Crippen LogP contribution in [-0.4, -0.2) is 46.1 Å². The first kappa shape index (κ1) is 23.8. The predicted octanol–water partition coefficient (Wildman–Crippen LogP) is 3.79. The van der Waals surface area contributed by atoms with Gasteiger partial charge in [0.2, 0.25) is 0 Å². The molecule has 0 radical (unpaired) electrons. The number of hydrogen-bond donors (Lipinski definition) is 2. The Morgan fingerprint density at radius 1 is 1.22 bits per heavy atom. The Balaban J connectivity index is 0.00000364. The molecule has 27 heavy (non-hydrogen) atoms. The number of guanidine groups is 1. The quantitative estimate of drug-likeness (QED) is 0.312. The molecule has 0 fully saturated rings. The van der Waals surface area contributed by atoms with E-state index in [1.54, 1.807) is 0 Å². The van der Waals surface area contributed by atoms with Gasteiger partial charge in [0.15, 0.2) is 5.96 Å². The molecular formula is C20H32IN5S. The first-order valence-electron chi connectivity index (χ1n) is 9.15. The molecule has 2 aromatic rings. The summed E-state index contributed by atoms with van der Waals surface area (Å²) in [6.45, 7) is 9.81. The van der Waals surface area contributed by atoms with E-state index in [4.69, 9.17) is 4.99 Å². The summed E-state index contributed by atoms with van der Waals surface area (Å²) < 4.78 is 2.35. The number of rotatable bonds is 9. The second-order valence-electron chi connectivity index (χ2n) is 6.79. The molecular weight excluding hydrogens is 469 g/mol. The van der Waals surface area contributed by atoms with Crippen molar-refractivity contribution in [2.75, 3.05) is 25.9 Å². The molecule has 0 bridgehead atoms. The van der Waals surface area contributed by atoms with Crippen molar-refractivity contribution >= 4 is 41.7 Å². The lowest BCUT2D eigenvalue weighted by atomic mass is 10.2. The van der Waals surface area contributed by atoms with Gasteiger partial charge < -0.3 is 15.2 Å². The van der Waals surface area contributed by atoms with E-state index in [-0.39, 0.29) is 28.7 Å². The Hall–Kier alpha value is -1.22. The Bertz CT molecular complexity index is 685. The highest BCUT2D eigenvalue weighted by atomic mass is 127. The highest BCUT2D eigenvalue weighted by Crippen LogP contribution is 2.20. The third-order valence-corrected chi connectivity index (χ3v) is 5.39. The minimum atomic E-state index is 0. The van der Waals surface area contributed by atoms with Crippen LogP contribution < -0.4 is 10.6 Å². The SMILES string of the molecule is CCNC(=NCC(C)(C)SC)NCCc1nccn1Cc1ccccc1.I. The maximum Gasteiger partial charge on any atom is 0.191 e. The number of nitrogens with one attached hydrogen (secondary N) is 2. The lowest BCUT2D eigenvalue weighted by Gasteiger charge is -2.20. The van der Waals surface area contributed by atoms with Gasteiger partial charge in [-0.25, -0.2) is 4.98 Å². The van der Waals surface area contributed by atoms with E-state index in [1.807, 2.05) is 30.2 Å². The molecule has 0 saturated heterocycles. The van der Waals surface area contributed by atoms with Gasteiger partial charge in [-0.3, -0.25) is 4.99 Å². The predicted molar refractivity (Wildman–Crippen MR) is 128 cm³/mol. The van der Waals surface area contributed by atoms with Crippen LogP contribution in [0.1, 0.15) is 32.2 Å². The Labute approximate surface area is 184 Å². The van der Waals surface area contributed by atoms with Crippen LogP contribution in [0, 0.1) is 0 Å². The van der Waals surface area contributed by atoms with E-state index in [9.17, 15) is 0 Å². The van der Waals surface area contributed by atoms with Crippen LogP contribution in [0.25, 0.3) is 0 Å². The summed E-state index contributed by atoms with van der Waals surface area (Å²) >= 11 is 1.84. The van der Waals surface area contributed by atoms with Crippen molar-refractivity contribution in [2.24, 2.45) is 4.99 Å². The molecule has 0 saturated carbocycles. The first-order valence-corrected chi connectivity index (χ1v) is 10.4. The van der Waals surface area contributed by atoms with Crippen molar-refractivity contribution in [2.45, 2.75) is 38.5 Å². The Kier molecular flexibility index (Phi) is 10.8. The van der Waals surface area contributed by atoms with E-state index < -0.39 is 0 Å². The van der Waals surface area contributed by atoms with Crippen molar-refractivity contribution in [3.8, 4) is 0 Å². The smallest absolute Gasteiger partial charge is 0.191 e. The number of imidazole rings is 1. The van der Waals surface area contributed by atoms with Gasteiger partial charge in [0.1, 0.15) is 5.82 Å². The van der Waals surface area contributed by atoms with Crippen LogP contribution in [0.5, 0.6) is 0 Å². The summed E-state index contributed by atoms with van der Waals surface area (Å²) in [7, 11) is 0. The van der Waals surface area contributed by atoms with Gasteiger partial charge in [0.05, 0.1) is 6.54 Å². The monoisotopic (exact) mass is 501 g/mol. The molecule has 0 spiro atoms. The summed E-state index contributed by atoms with van der Waals surface area (Å²) in [5.74, 6) is 1.96. The largest absolute Gasteiger partial charge is 0.357 e. The molecule has 0 aliphatic heterocycles. The van der Waals surface area contributed by atoms with Crippen LogP contribution >= 0.6 is 35.7 Å². The number of aromatic nitrogens is 2. The fraction of sp³-hybridized carbons (Fsp3) is 0.500.